The zero-order valence-electron chi connectivity index (χ0n) is 13.9. The number of hydrogen-bond donors (Lipinski definition) is 2. The normalized spacial score (nSPS) is 22.0. The van der Waals surface area contributed by atoms with Crippen LogP contribution in [0.15, 0.2) is 11.3 Å². The smallest absolute Gasteiger partial charge is 0.191 e. The highest BCUT2D eigenvalue weighted by Crippen LogP contribution is 2.27. The summed E-state index contributed by atoms with van der Waals surface area (Å²) in [4.78, 5) is 8.78. The first-order valence-corrected chi connectivity index (χ1v) is 8.04. The number of nitrogens with one attached hydrogen (secondary N) is 2. The van der Waals surface area contributed by atoms with Gasteiger partial charge in [0.1, 0.15) is 18.7 Å². The number of aromatic nitrogens is 3. The first kappa shape index (κ1) is 19.2. The first-order valence-electron chi connectivity index (χ1n) is 8.04. The van der Waals surface area contributed by atoms with Crippen molar-refractivity contribution in [1.29, 1.82) is 0 Å². The van der Waals surface area contributed by atoms with Gasteiger partial charge in [-0.15, -0.1) is 24.0 Å². The number of hydrogen-bond acceptors (Lipinski definition) is 3. The molecule has 1 aliphatic carbocycles. The minimum Gasteiger partial charge on any atom is -0.357 e. The zero-order valence-corrected chi connectivity index (χ0v) is 16.2. The van der Waals surface area contributed by atoms with Gasteiger partial charge in [-0.25, -0.2) is 9.98 Å². The van der Waals surface area contributed by atoms with Gasteiger partial charge in [-0.05, 0) is 31.6 Å². The van der Waals surface area contributed by atoms with E-state index < -0.39 is 0 Å². The second-order valence-corrected chi connectivity index (χ2v) is 6.00. The average molecular weight is 420 g/mol. The average Bonchev–Trinajstić information content (AvgIpc) is 2.89. The maximum atomic E-state index is 4.59. The third-order valence-corrected chi connectivity index (χ3v) is 4.22. The molecule has 126 valence electrons. The molecule has 0 aromatic carbocycles. The standard InChI is InChI=1S/C15H28N6.HI/c1-4-16-15(18-10-14-19-11-20-21(14)3)17-9-13-7-5-12(2)6-8-13;/h11-13H,4-10H2,1-3H3,(H2,16,17,18);1H. The molecule has 6 nitrogen and oxygen atoms in total. The Hall–Kier alpha value is -0.860. The van der Waals surface area contributed by atoms with E-state index >= 15 is 0 Å². The lowest BCUT2D eigenvalue weighted by Crippen LogP contribution is -2.40. The second kappa shape index (κ2) is 10.0. The Balaban J connectivity index is 0.00000242. The third kappa shape index (κ3) is 6.10. The van der Waals surface area contributed by atoms with Gasteiger partial charge in [0.2, 0.25) is 0 Å². The summed E-state index contributed by atoms with van der Waals surface area (Å²) in [6.07, 6.45) is 6.94. The van der Waals surface area contributed by atoms with E-state index in [4.69, 9.17) is 0 Å². The van der Waals surface area contributed by atoms with Crippen molar-refractivity contribution in [3.05, 3.63) is 12.2 Å². The van der Waals surface area contributed by atoms with E-state index in [1.165, 1.54) is 25.7 Å². The van der Waals surface area contributed by atoms with E-state index in [1.54, 1.807) is 11.0 Å². The maximum Gasteiger partial charge on any atom is 0.191 e. The highest BCUT2D eigenvalue weighted by atomic mass is 127. The Morgan fingerprint density at radius 3 is 2.64 bits per heavy atom. The molecule has 0 amide bonds. The molecule has 0 saturated heterocycles. The van der Waals surface area contributed by atoms with E-state index in [-0.39, 0.29) is 24.0 Å². The van der Waals surface area contributed by atoms with Crippen LogP contribution < -0.4 is 10.6 Å². The second-order valence-electron chi connectivity index (χ2n) is 6.00. The quantitative estimate of drug-likeness (QED) is 0.436. The van der Waals surface area contributed by atoms with Crippen molar-refractivity contribution in [2.75, 3.05) is 13.1 Å². The molecule has 1 aromatic heterocycles. The zero-order chi connectivity index (χ0) is 15.1. The first-order chi connectivity index (χ1) is 10.2. The molecular weight excluding hydrogens is 391 g/mol. The molecule has 7 heteroatoms. The number of guanidine groups is 1. The van der Waals surface area contributed by atoms with Crippen LogP contribution in [-0.2, 0) is 13.6 Å². The predicted octanol–water partition coefficient (Wildman–Crippen LogP) is 2.31. The lowest BCUT2D eigenvalue weighted by molar-refractivity contribution is 0.289. The van der Waals surface area contributed by atoms with Crippen molar-refractivity contribution in [1.82, 2.24) is 25.4 Å². The van der Waals surface area contributed by atoms with E-state index in [2.05, 4.69) is 39.6 Å². The molecule has 1 heterocycles. The van der Waals surface area contributed by atoms with Crippen molar-refractivity contribution in [3.8, 4) is 0 Å². The summed E-state index contributed by atoms with van der Waals surface area (Å²) in [5, 5.41) is 10.8. The highest BCUT2D eigenvalue weighted by molar-refractivity contribution is 14.0. The fourth-order valence-electron chi connectivity index (χ4n) is 2.73. The molecule has 1 fully saturated rings. The lowest BCUT2D eigenvalue weighted by atomic mass is 9.83. The SMILES string of the molecule is CCNC(=NCc1ncnn1C)NCC1CCC(C)CC1.I. The van der Waals surface area contributed by atoms with Crippen LogP contribution in [0, 0.1) is 11.8 Å². The Morgan fingerprint density at radius 1 is 1.32 bits per heavy atom. The largest absolute Gasteiger partial charge is 0.357 e. The molecule has 0 bridgehead atoms. The monoisotopic (exact) mass is 420 g/mol. The molecule has 0 unspecified atom stereocenters. The van der Waals surface area contributed by atoms with Gasteiger partial charge in [-0.3, -0.25) is 4.68 Å². The van der Waals surface area contributed by atoms with E-state index in [9.17, 15) is 0 Å². The van der Waals surface area contributed by atoms with Gasteiger partial charge in [-0.2, -0.15) is 5.10 Å². The fraction of sp³-hybridized carbons (Fsp3) is 0.800. The number of nitrogens with zero attached hydrogens (tertiary/aromatic N) is 4. The molecule has 2 N–H and O–H groups in total. The minimum absolute atomic E-state index is 0. The summed E-state index contributed by atoms with van der Waals surface area (Å²) < 4.78 is 1.76. The van der Waals surface area contributed by atoms with Crippen LogP contribution in [0.3, 0.4) is 0 Å². The Labute approximate surface area is 150 Å². The van der Waals surface area contributed by atoms with Gasteiger partial charge in [0, 0.05) is 20.1 Å². The molecular formula is C15H29IN6. The summed E-state index contributed by atoms with van der Waals surface area (Å²) in [6, 6.07) is 0. The van der Waals surface area contributed by atoms with Crippen molar-refractivity contribution in [2.45, 2.75) is 46.1 Å². The molecule has 0 aliphatic heterocycles. The predicted molar refractivity (Wildman–Crippen MR) is 100 cm³/mol. The Morgan fingerprint density at radius 2 is 2.05 bits per heavy atom. The van der Waals surface area contributed by atoms with Crippen molar-refractivity contribution < 1.29 is 0 Å². The van der Waals surface area contributed by atoms with Gasteiger partial charge in [0.15, 0.2) is 5.96 Å². The van der Waals surface area contributed by atoms with Gasteiger partial charge in [0.05, 0.1) is 0 Å². The molecule has 2 rings (SSSR count). The third-order valence-electron chi connectivity index (χ3n) is 4.22. The molecule has 0 spiro atoms. The summed E-state index contributed by atoms with van der Waals surface area (Å²) in [7, 11) is 1.89. The fourth-order valence-corrected chi connectivity index (χ4v) is 2.73. The van der Waals surface area contributed by atoms with Crippen molar-refractivity contribution >= 4 is 29.9 Å². The minimum atomic E-state index is 0. The number of aryl methyl sites for hydroxylation is 1. The maximum absolute atomic E-state index is 4.59. The van der Waals surface area contributed by atoms with Gasteiger partial charge < -0.3 is 10.6 Å². The summed E-state index contributed by atoms with van der Waals surface area (Å²) in [5.41, 5.74) is 0. The summed E-state index contributed by atoms with van der Waals surface area (Å²) in [5.74, 6) is 3.43. The lowest BCUT2D eigenvalue weighted by Gasteiger charge is -2.26. The van der Waals surface area contributed by atoms with Crippen LogP contribution in [0.25, 0.3) is 0 Å². The molecule has 0 atom stereocenters. The van der Waals surface area contributed by atoms with Gasteiger partial charge in [-0.1, -0.05) is 19.8 Å². The number of aliphatic imine (C=N–C) groups is 1. The van der Waals surface area contributed by atoms with E-state index in [0.717, 1.165) is 36.7 Å². The number of halogens is 1. The summed E-state index contributed by atoms with van der Waals surface area (Å²) >= 11 is 0. The molecule has 22 heavy (non-hydrogen) atoms. The Bertz CT molecular complexity index is 451. The molecule has 0 radical (unpaired) electrons. The molecule has 1 saturated carbocycles. The Kier molecular flexibility index (Phi) is 8.74. The summed E-state index contributed by atoms with van der Waals surface area (Å²) in [6.45, 7) is 6.87. The van der Waals surface area contributed by atoms with E-state index in [0.29, 0.717) is 6.54 Å². The van der Waals surface area contributed by atoms with Crippen LogP contribution in [0.5, 0.6) is 0 Å². The van der Waals surface area contributed by atoms with Gasteiger partial charge >= 0.3 is 0 Å². The van der Waals surface area contributed by atoms with Crippen LogP contribution in [0.1, 0.15) is 45.4 Å². The molecule has 1 aromatic rings. The van der Waals surface area contributed by atoms with Crippen LogP contribution >= 0.6 is 24.0 Å². The topological polar surface area (TPSA) is 67.1 Å². The highest BCUT2D eigenvalue weighted by Gasteiger charge is 2.18. The van der Waals surface area contributed by atoms with Crippen LogP contribution in [-0.4, -0.2) is 33.8 Å². The van der Waals surface area contributed by atoms with E-state index in [1.807, 2.05) is 7.05 Å². The number of rotatable bonds is 5. The van der Waals surface area contributed by atoms with Gasteiger partial charge in [0.25, 0.3) is 0 Å². The van der Waals surface area contributed by atoms with Crippen LogP contribution in [0.2, 0.25) is 0 Å². The molecule has 1 aliphatic rings. The van der Waals surface area contributed by atoms with Crippen molar-refractivity contribution in [3.63, 3.8) is 0 Å². The van der Waals surface area contributed by atoms with Crippen LogP contribution in [0.4, 0.5) is 0 Å². The van der Waals surface area contributed by atoms with Crippen molar-refractivity contribution in [2.24, 2.45) is 23.9 Å².